The van der Waals surface area contributed by atoms with E-state index in [2.05, 4.69) is 4.98 Å². The lowest BCUT2D eigenvalue weighted by Gasteiger charge is -2.39. The molecule has 3 heterocycles. The van der Waals surface area contributed by atoms with E-state index < -0.39 is 10.0 Å². The summed E-state index contributed by atoms with van der Waals surface area (Å²) in [6.45, 7) is 5.45. The van der Waals surface area contributed by atoms with Gasteiger partial charge in [-0.2, -0.15) is 4.31 Å². The minimum Gasteiger partial charge on any atom is -0.366 e. The highest BCUT2D eigenvalue weighted by molar-refractivity contribution is 7.89. The number of carbonyl (C=O) groups is 1. The average molecular weight is 450 g/mol. The number of piperidine rings is 1. The van der Waals surface area contributed by atoms with Gasteiger partial charge in [0.2, 0.25) is 5.91 Å². The van der Waals surface area contributed by atoms with Crippen molar-refractivity contribution in [3.8, 4) is 0 Å². The number of nitrogens with zero attached hydrogens (tertiary/aromatic N) is 5. The highest BCUT2D eigenvalue weighted by Crippen LogP contribution is 2.26. The number of aromatic nitrogens is 2. The smallest absolute Gasteiger partial charge is 0.262 e. The number of rotatable bonds is 5. The number of piperazine rings is 1. The van der Waals surface area contributed by atoms with Crippen LogP contribution in [-0.4, -0.2) is 72.3 Å². The molecule has 0 radical (unpaired) electrons. The first-order valence-corrected chi connectivity index (χ1v) is 12.1. The van der Waals surface area contributed by atoms with E-state index in [0.717, 1.165) is 0 Å². The Morgan fingerprint density at radius 3 is 2.39 bits per heavy atom. The first kappa shape index (κ1) is 21.8. The number of hydrogen-bond donors (Lipinski definition) is 0. The van der Waals surface area contributed by atoms with Crippen molar-refractivity contribution in [3.05, 3.63) is 42.6 Å². The zero-order valence-corrected chi connectivity index (χ0v) is 18.5. The number of hydrogen-bond acceptors (Lipinski definition) is 5. The third-order valence-electron chi connectivity index (χ3n) is 6.17. The van der Waals surface area contributed by atoms with Gasteiger partial charge in [-0.15, -0.1) is 0 Å². The van der Waals surface area contributed by atoms with Crippen LogP contribution < -0.4 is 4.90 Å². The summed E-state index contributed by atoms with van der Waals surface area (Å²) in [5.74, 6) is -0.361. The summed E-state index contributed by atoms with van der Waals surface area (Å²) < 4.78 is 42.8. The molecule has 0 unspecified atom stereocenters. The van der Waals surface area contributed by atoms with E-state index >= 15 is 0 Å². The zero-order chi connectivity index (χ0) is 22.0. The molecule has 2 saturated heterocycles. The Morgan fingerprint density at radius 1 is 1.10 bits per heavy atom. The number of halogens is 1. The highest BCUT2D eigenvalue weighted by Gasteiger charge is 2.35. The highest BCUT2D eigenvalue weighted by atomic mass is 32.2. The van der Waals surface area contributed by atoms with Crippen LogP contribution in [0.4, 0.5) is 10.1 Å². The first-order chi connectivity index (χ1) is 14.9. The number of carbonyl (C=O) groups excluding carboxylic acids is 1. The van der Waals surface area contributed by atoms with Gasteiger partial charge in [0.15, 0.2) is 5.03 Å². The maximum atomic E-state index is 14.0. The van der Waals surface area contributed by atoms with Crippen LogP contribution in [0.15, 0.2) is 41.8 Å². The molecule has 168 valence electrons. The minimum atomic E-state index is -3.63. The van der Waals surface area contributed by atoms with Crippen LogP contribution in [0.3, 0.4) is 0 Å². The van der Waals surface area contributed by atoms with Crippen molar-refractivity contribution >= 4 is 21.6 Å². The van der Waals surface area contributed by atoms with Crippen LogP contribution in [0.25, 0.3) is 0 Å². The summed E-state index contributed by atoms with van der Waals surface area (Å²) in [5.41, 5.74) is 0.568. The van der Waals surface area contributed by atoms with Crippen molar-refractivity contribution in [2.75, 3.05) is 44.2 Å². The lowest BCUT2D eigenvalue weighted by molar-refractivity contribution is -0.137. The Labute approximate surface area is 182 Å². The Bertz CT molecular complexity index is 1030. The van der Waals surface area contributed by atoms with Crippen LogP contribution in [-0.2, 0) is 21.4 Å². The number of para-hydroxylation sites is 1. The van der Waals surface area contributed by atoms with E-state index in [1.54, 1.807) is 22.9 Å². The van der Waals surface area contributed by atoms with Gasteiger partial charge in [0.25, 0.3) is 10.0 Å². The Balaban J connectivity index is 1.31. The Hall–Kier alpha value is -2.46. The van der Waals surface area contributed by atoms with E-state index in [-0.39, 0.29) is 22.7 Å². The molecule has 1 aromatic carbocycles. The van der Waals surface area contributed by atoms with Crippen LogP contribution in [0.5, 0.6) is 0 Å². The normalized spacial score (nSPS) is 19.0. The van der Waals surface area contributed by atoms with Gasteiger partial charge in [0, 0.05) is 57.9 Å². The predicted molar refractivity (Wildman–Crippen MR) is 115 cm³/mol. The van der Waals surface area contributed by atoms with Crippen molar-refractivity contribution in [2.45, 2.75) is 31.3 Å². The third-order valence-corrected chi connectivity index (χ3v) is 7.95. The van der Waals surface area contributed by atoms with Crippen molar-refractivity contribution in [1.29, 1.82) is 0 Å². The second-order valence-corrected chi connectivity index (χ2v) is 9.87. The van der Waals surface area contributed by atoms with Crippen LogP contribution in [0, 0.1) is 11.7 Å². The monoisotopic (exact) mass is 449 g/mol. The maximum Gasteiger partial charge on any atom is 0.262 e. The molecule has 0 atom stereocenters. The first-order valence-electron chi connectivity index (χ1n) is 10.7. The topological polar surface area (TPSA) is 78.8 Å². The van der Waals surface area contributed by atoms with Gasteiger partial charge in [0.05, 0.1) is 12.0 Å². The fraction of sp³-hybridized carbons (Fsp3) is 0.524. The molecule has 1 aromatic heterocycles. The number of aryl methyl sites for hydroxylation is 1. The molecule has 1 amide bonds. The van der Waals surface area contributed by atoms with Crippen molar-refractivity contribution in [2.24, 2.45) is 5.92 Å². The molecule has 2 fully saturated rings. The number of sulfonamides is 1. The third kappa shape index (κ3) is 4.45. The molecule has 2 aliphatic heterocycles. The van der Waals surface area contributed by atoms with E-state index in [0.29, 0.717) is 64.3 Å². The zero-order valence-electron chi connectivity index (χ0n) is 17.7. The molecule has 2 aromatic rings. The summed E-state index contributed by atoms with van der Waals surface area (Å²) in [4.78, 5) is 20.8. The quantitative estimate of drug-likeness (QED) is 0.696. The molecule has 0 aliphatic carbocycles. The number of imidazole rings is 1. The molecule has 2 aliphatic rings. The van der Waals surface area contributed by atoms with Gasteiger partial charge in [0.1, 0.15) is 5.82 Å². The minimum absolute atomic E-state index is 0.0587. The molecule has 8 nitrogen and oxygen atoms in total. The Morgan fingerprint density at radius 2 is 1.77 bits per heavy atom. The SMILES string of the molecule is CCn1cnc(S(=O)(=O)N2CCC(C(=O)N3CCN(c4ccccc4F)CC3)CC2)c1. The lowest BCUT2D eigenvalue weighted by atomic mass is 9.96. The summed E-state index contributed by atoms with van der Waals surface area (Å²) in [6, 6.07) is 6.68. The molecule has 0 saturated carbocycles. The number of anilines is 1. The predicted octanol–water partition coefficient (Wildman–Crippen LogP) is 1.79. The fourth-order valence-electron chi connectivity index (χ4n) is 4.26. The van der Waals surface area contributed by atoms with Gasteiger partial charge in [-0.25, -0.2) is 17.8 Å². The summed E-state index contributed by atoms with van der Waals surface area (Å²) >= 11 is 0. The molecular formula is C21H28FN5O3S. The van der Waals surface area contributed by atoms with E-state index in [4.69, 9.17) is 0 Å². The fourth-order valence-corrected chi connectivity index (χ4v) is 5.66. The molecule has 31 heavy (non-hydrogen) atoms. The standard InChI is InChI=1S/C21H28FN5O3S/c1-2-24-15-20(23-16-24)31(29,30)27-9-7-17(8-10-27)21(28)26-13-11-25(12-14-26)19-6-4-3-5-18(19)22/h3-6,15-17H,2,7-14H2,1H3. The molecule has 0 spiro atoms. The number of benzene rings is 1. The average Bonchev–Trinajstić information content (AvgIpc) is 3.30. The molecule has 4 rings (SSSR count). The van der Waals surface area contributed by atoms with Crippen molar-refractivity contribution in [1.82, 2.24) is 18.8 Å². The summed E-state index contributed by atoms with van der Waals surface area (Å²) in [5, 5.41) is 0.0587. The van der Waals surface area contributed by atoms with Gasteiger partial charge < -0.3 is 14.4 Å². The molecular weight excluding hydrogens is 421 g/mol. The van der Waals surface area contributed by atoms with Crippen LogP contribution in [0.1, 0.15) is 19.8 Å². The van der Waals surface area contributed by atoms with Gasteiger partial charge in [-0.1, -0.05) is 12.1 Å². The summed E-state index contributed by atoms with van der Waals surface area (Å²) in [7, 11) is -3.63. The lowest BCUT2D eigenvalue weighted by Crippen LogP contribution is -2.52. The largest absolute Gasteiger partial charge is 0.366 e. The van der Waals surface area contributed by atoms with Gasteiger partial charge in [-0.3, -0.25) is 4.79 Å². The van der Waals surface area contributed by atoms with E-state index in [1.165, 1.54) is 16.7 Å². The van der Waals surface area contributed by atoms with E-state index in [1.807, 2.05) is 22.8 Å². The van der Waals surface area contributed by atoms with Gasteiger partial charge >= 0.3 is 0 Å². The Kier molecular flexibility index (Phi) is 6.29. The number of amides is 1. The molecule has 0 N–H and O–H groups in total. The maximum absolute atomic E-state index is 14.0. The van der Waals surface area contributed by atoms with Gasteiger partial charge in [-0.05, 0) is 31.9 Å². The van der Waals surface area contributed by atoms with E-state index in [9.17, 15) is 17.6 Å². The van der Waals surface area contributed by atoms with Crippen LogP contribution >= 0.6 is 0 Å². The van der Waals surface area contributed by atoms with Crippen molar-refractivity contribution in [3.63, 3.8) is 0 Å². The molecule has 10 heteroatoms. The molecule has 0 bridgehead atoms. The summed E-state index contributed by atoms with van der Waals surface area (Å²) in [6.07, 6.45) is 4.06. The van der Waals surface area contributed by atoms with Crippen LogP contribution in [0.2, 0.25) is 0 Å². The van der Waals surface area contributed by atoms with Crippen molar-refractivity contribution < 1.29 is 17.6 Å². The second-order valence-electron chi connectivity index (χ2n) is 7.98. The second kappa shape index (κ2) is 8.96.